The van der Waals surface area contributed by atoms with Crippen LogP contribution in [0.2, 0.25) is 0 Å². The number of pyridine rings is 1. The van der Waals surface area contributed by atoms with E-state index in [1.165, 1.54) is 6.42 Å². The van der Waals surface area contributed by atoms with Crippen molar-refractivity contribution < 1.29 is 4.74 Å². The molecule has 1 aliphatic rings. The van der Waals surface area contributed by atoms with Gasteiger partial charge in [-0.25, -0.2) is 0 Å². The lowest BCUT2D eigenvalue weighted by molar-refractivity contribution is 0.121. The molecular formula is C22H27N3O2. The van der Waals surface area contributed by atoms with E-state index in [0.717, 1.165) is 42.7 Å². The third-order valence-corrected chi connectivity index (χ3v) is 5.07. The Hall–Kier alpha value is -2.58. The van der Waals surface area contributed by atoms with E-state index in [1.54, 1.807) is 0 Å². The van der Waals surface area contributed by atoms with E-state index in [9.17, 15) is 10.1 Å². The van der Waals surface area contributed by atoms with Crippen LogP contribution in [0.3, 0.4) is 0 Å². The molecular weight excluding hydrogens is 338 g/mol. The van der Waals surface area contributed by atoms with Crippen molar-refractivity contribution in [3.8, 4) is 22.9 Å². The van der Waals surface area contributed by atoms with Gasteiger partial charge in [-0.2, -0.15) is 5.26 Å². The number of nitriles is 1. The van der Waals surface area contributed by atoms with Crippen LogP contribution in [0.15, 0.2) is 35.1 Å². The van der Waals surface area contributed by atoms with Gasteiger partial charge in [0.05, 0.1) is 0 Å². The first-order chi connectivity index (χ1) is 13.0. The van der Waals surface area contributed by atoms with Crippen molar-refractivity contribution in [1.29, 1.82) is 5.26 Å². The Balaban J connectivity index is 1.78. The molecule has 2 heterocycles. The first-order valence-electron chi connectivity index (χ1n) is 9.56. The molecule has 2 unspecified atom stereocenters. The zero-order valence-electron chi connectivity index (χ0n) is 16.3. The number of aromatic amines is 1. The third kappa shape index (κ3) is 4.58. The number of nitrogens with one attached hydrogen (secondary N) is 1. The van der Waals surface area contributed by atoms with Crippen LogP contribution < -0.4 is 10.3 Å². The fourth-order valence-corrected chi connectivity index (χ4v) is 4.09. The van der Waals surface area contributed by atoms with E-state index in [0.29, 0.717) is 17.9 Å². The van der Waals surface area contributed by atoms with Crippen LogP contribution >= 0.6 is 0 Å². The Morgan fingerprint density at radius 2 is 1.93 bits per heavy atom. The van der Waals surface area contributed by atoms with Gasteiger partial charge in [0.1, 0.15) is 24.0 Å². The molecule has 2 aromatic rings. The lowest BCUT2D eigenvalue weighted by atomic mass is 9.92. The summed E-state index contributed by atoms with van der Waals surface area (Å²) in [4.78, 5) is 17.3. The quantitative estimate of drug-likeness (QED) is 0.879. The standard InChI is InChI=1S/C22H27N3O2/c1-15-10-16(2)14-25(13-15)8-9-27-21-7-5-4-6-18(21)19-11-17(3)24-22(26)20(19)12-23/h4-7,11,15-16H,8-10,13-14H2,1-3H3,(H,24,26). The number of aryl methyl sites for hydroxylation is 1. The molecule has 5 heteroatoms. The molecule has 0 amide bonds. The third-order valence-electron chi connectivity index (χ3n) is 5.07. The Kier molecular flexibility index (Phi) is 5.98. The summed E-state index contributed by atoms with van der Waals surface area (Å²) in [5, 5.41) is 9.42. The molecule has 0 saturated carbocycles. The minimum absolute atomic E-state index is 0.121. The SMILES string of the molecule is Cc1cc(-c2ccccc2OCCN2CC(C)CC(C)C2)c(C#N)c(=O)[nH]1. The first kappa shape index (κ1) is 19.2. The van der Waals surface area contributed by atoms with Crippen LogP contribution in [0.5, 0.6) is 5.75 Å². The molecule has 1 N–H and O–H groups in total. The lowest BCUT2D eigenvalue weighted by Crippen LogP contribution is -2.40. The number of hydrogen-bond acceptors (Lipinski definition) is 4. The van der Waals surface area contributed by atoms with Crippen LogP contribution in [0.1, 0.15) is 31.5 Å². The van der Waals surface area contributed by atoms with Gasteiger partial charge in [0, 0.05) is 36.5 Å². The highest BCUT2D eigenvalue weighted by molar-refractivity contribution is 5.75. The van der Waals surface area contributed by atoms with Crippen molar-refractivity contribution >= 4 is 0 Å². The molecule has 1 aromatic heterocycles. The van der Waals surface area contributed by atoms with Crippen molar-refractivity contribution in [3.05, 3.63) is 51.9 Å². The van der Waals surface area contributed by atoms with E-state index >= 15 is 0 Å². The number of benzene rings is 1. The zero-order valence-corrected chi connectivity index (χ0v) is 16.3. The smallest absolute Gasteiger partial charge is 0.266 e. The van der Waals surface area contributed by atoms with Gasteiger partial charge in [-0.05, 0) is 37.3 Å². The van der Waals surface area contributed by atoms with Gasteiger partial charge in [-0.3, -0.25) is 9.69 Å². The molecule has 27 heavy (non-hydrogen) atoms. The number of hydrogen-bond donors (Lipinski definition) is 1. The van der Waals surface area contributed by atoms with Gasteiger partial charge in [-0.15, -0.1) is 0 Å². The highest BCUT2D eigenvalue weighted by Gasteiger charge is 2.21. The lowest BCUT2D eigenvalue weighted by Gasteiger charge is -2.34. The Labute approximate surface area is 160 Å². The average molecular weight is 365 g/mol. The number of para-hydroxylation sites is 1. The van der Waals surface area contributed by atoms with Crippen molar-refractivity contribution in [2.45, 2.75) is 27.2 Å². The number of nitrogens with zero attached hydrogens (tertiary/aromatic N) is 2. The van der Waals surface area contributed by atoms with E-state index in [1.807, 2.05) is 43.3 Å². The predicted octanol–water partition coefficient (Wildman–Crippen LogP) is 3.58. The number of aromatic nitrogens is 1. The van der Waals surface area contributed by atoms with E-state index < -0.39 is 0 Å². The summed E-state index contributed by atoms with van der Waals surface area (Å²) in [6.45, 7) is 10.1. The van der Waals surface area contributed by atoms with Gasteiger partial charge in [0.15, 0.2) is 0 Å². The Morgan fingerprint density at radius 1 is 1.22 bits per heavy atom. The van der Waals surface area contributed by atoms with Crippen molar-refractivity contribution in [1.82, 2.24) is 9.88 Å². The molecule has 1 aromatic carbocycles. The minimum atomic E-state index is -0.362. The normalized spacial score (nSPS) is 20.2. The summed E-state index contributed by atoms with van der Waals surface area (Å²) in [5.74, 6) is 2.15. The maximum atomic E-state index is 12.1. The van der Waals surface area contributed by atoms with Crippen LogP contribution in [0.4, 0.5) is 0 Å². The van der Waals surface area contributed by atoms with Gasteiger partial charge in [0.2, 0.25) is 0 Å². The highest BCUT2D eigenvalue weighted by atomic mass is 16.5. The first-order valence-corrected chi connectivity index (χ1v) is 9.56. The maximum absolute atomic E-state index is 12.1. The molecule has 0 bridgehead atoms. The molecule has 3 rings (SSSR count). The van der Waals surface area contributed by atoms with Crippen LogP contribution in [0.25, 0.3) is 11.1 Å². The molecule has 142 valence electrons. The number of H-pyrrole nitrogens is 1. The fraction of sp³-hybridized carbons (Fsp3) is 0.455. The molecule has 1 aliphatic heterocycles. The summed E-state index contributed by atoms with van der Waals surface area (Å²) in [5.41, 5.74) is 1.88. The second-order valence-electron chi connectivity index (χ2n) is 7.73. The van der Waals surface area contributed by atoms with Gasteiger partial charge in [0.25, 0.3) is 5.56 Å². The predicted molar refractivity (Wildman–Crippen MR) is 107 cm³/mol. The number of rotatable bonds is 5. The molecule has 0 spiro atoms. The Morgan fingerprint density at radius 3 is 2.63 bits per heavy atom. The second-order valence-corrected chi connectivity index (χ2v) is 7.73. The highest BCUT2D eigenvalue weighted by Crippen LogP contribution is 2.31. The monoisotopic (exact) mass is 365 g/mol. The molecule has 5 nitrogen and oxygen atoms in total. The van der Waals surface area contributed by atoms with Crippen molar-refractivity contribution in [2.75, 3.05) is 26.2 Å². The van der Waals surface area contributed by atoms with Crippen LogP contribution in [-0.4, -0.2) is 36.1 Å². The molecule has 0 aliphatic carbocycles. The summed E-state index contributed by atoms with van der Waals surface area (Å²) in [6, 6.07) is 11.5. The van der Waals surface area contributed by atoms with Crippen LogP contribution in [-0.2, 0) is 0 Å². The van der Waals surface area contributed by atoms with Gasteiger partial charge in [-0.1, -0.05) is 32.0 Å². The average Bonchev–Trinajstić information content (AvgIpc) is 2.61. The topological polar surface area (TPSA) is 69.1 Å². The molecule has 1 fully saturated rings. The minimum Gasteiger partial charge on any atom is -0.492 e. The largest absolute Gasteiger partial charge is 0.492 e. The molecule has 1 saturated heterocycles. The second kappa shape index (κ2) is 8.41. The zero-order chi connectivity index (χ0) is 19.4. The number of ether oxygens (including phenoxy) is 1. The Bertz CT molecular complexity index is 887. The summed E-state index contributed by atoms with van der Waals surface area (Å²) >= 11 is 0. The molecule has 0 radical (unpaired) electrons. The molecule has 2 atom stereocenters. The summed E-state index contributed by atoms with van der Waals surface area (Å²) in [7, 11) is 0. The van der Waals surface area contributed by atoms with Gasteiger partial charge >= 0.3 is 0 Å². The van der Waals surface area contributed by atoms with Gasteiger partial charge < -0.3 is 9.72 Å². The number of likely N-dealkylation sites (tertiary alicyclic amines) is 1. The van der Waals surface area contributed by atoms with Crippen LogP contribution in [0, 0.1) is 30.1 Å². The maximum Gasteiger partial charge on any atom is 0.266 e. The van der Waals surface area contributed by atoms with Crippen molar-refractivity contribution in [2.24, 2.45) is 11.8 Å². The van der Waals surface area contributed by atoms with E-state index in [2.05, 4.69) is 23.7 Å². The summed E-state index contributed by atoms with van der Waals surface area (Å²) in [6.07, 6.45) is 1.29. The van der Waals surface area contributed by atoms with E-state index in [-0.39, 0.29) is 11.1 Å². The number of piperidine rings is 1. The summed E-state index contributed by atoms with van der Waals surface area (Å²) < 4.78 is 6.08. The van der Waals surface area contributed by atoms with Crippen molar-refractivity contribution in [3.63, 3.8) is 0 Å². The fourth-order valence-electron chi connectivity index (χ4n) is 4.09. The van der Waals surface area contributed by atoms with E-state index in [4.69, 9.17) is 4.74 Å².